The van der Waals surface area contributed by atoms with Crippen LogP contribution in [-0.2, 0) is 16.0 Å². The number of nitrogens with two attached hydrogens (primary N) is 1. The van der Waals surface area contributed by atoms with E-state index in [-0.39, 0.29) is 29.7 Å². The van der Waals surface area contributed by atoms with Crippen molar-refractivity contribution in [1.82, 2.24) is 14.8 Å². The monoisotopic (exact) mass is 430 g/mol. The lowest BCUT2D eigenvalue weighted by molar-refractivity contribution is -0.138. The van der Waals surface area contributed by atoms with Gasteiger partial charge in [-0.15, -0.1) is 0 Å². The van der Waals surface area contributed by atoms with Crippen molar-refractivity contribution >= 4 is 28.6 Å². The van der Waals surface area contributed by atoms with Crippen LogP contribution >= 0.6 is 0 Å². The van der Waals surface area contributed by atoms with Crippen LogP contribution in [0.2, 0.25) is 0 Å². The maximum atomic E-state index is 13.8. The fourth-order valence-corrected chi connectivity index (χ4v) is 4.26. The van der Waals surface area contributed by atoms with Gasteiger partial charge in [0.25, 0.3) is 0 Å². The Hall–Kier alpha value is -2.74. The summed E-state index contributed by atoms with van der Waals surface area (Å²) in [6.07, 6.45) is 3.99. The molecule has 2 aromatic rings. The van der Waals surface area contributed by atoms with Crippen LogP contribution in [0.15, 0.2) is 24.4 Å². The number of aromatic nitrogens is 1. The summed E-state index contributed by atoms with van der Waals surface area (Å²) in [7, 11) is 0. The molecule has 0 radical (unpaired) electrons. The molecule has 3 atom stereocenters. The van der Waals surface area contributed by atoms with Crippen LogP contribution < -0.4 is 11.1 Å². The molecule has 168 valence electrons. The number of carbonyl (C=O) groups is 3. The fraction of sp³-hybridized carbons (Fsp3) is 0.522. The number of likely N-dealkylation sites (tertiary alicyclic amines) is 1. The van der Waals surface area contributed by atoms with Crippen molar-refractivity contribution in [2.24, 2.45) is 11.7 Å². The summed E-state index contributed by atoms with van der Waals surface area (Å²) < 4.78 is 15.2. The van der Waals surface area contributed by atoms with Gasteiger partial charge in [0, 0.05) is 31.1 Å². The molecule has 0 aliphatic carbocycles. The number of nitrogens with zero attached hydrogens (tertiary/aromatic N) is 2. The van der Waals surface area contributed by atoms with Crippen LogP contribution in [-0.4, -0.2) is 51.9 Å². The van der Waals surface area contributed by atoms with E-state index in [4.69, 9.17) is 5.73 Å². The molecule has 1 aromatic carbocycles. The minimum absolute atomic E-state index is 0.0583. The van der Waals surface area contributed by atoms with E-state index in [0.29, 0.717) is 18.5 Å². The van der Waals surface area contributed by atoms with E-state index in [9.17, 15) is 18.8 Å². The SMILES string of the molecule is CC(=O)n1cc(C[C@@H]2CCCN2C(=O)[C@@H](NC(=O)[C@H](C)N)C(C)C)c2ccc(F)cc21. The molecule has 2 amide bonds. The summed E-state index contributed by atoms with van der Waals surface area (Å²) >= 11 is 0. The standard InChI is InChI=1S/C23H31FN4O3/c1-13(2)21(26-22(30)14(3)25)23(31)27-9-5-6-18(27)10-16-12-28(15(4)29)20-11-17(24)7-8-19(16)20/h7-8,11-14,18,21H,5-6,9-10,25H2,1-4H3,(H,26,30)/t14-,18-,21-/m0/s1. The van der Waals surface area contributed by atoms with Gasteiger partial charge in [-0.2, -0.15) is 0 Å². The molecule has 0 unspecified atom stereocenters. The first kappa shape index (κ1) is 22.9. The zero-order valence-corrected chi connectivity index (χ0v) is 18.5. The highest BCUT2D eigenvalue weighted by atomic mass is 19.1. The first-order valence-corrected chi connectivity index (χ1v) is 10.8. The molecule has 2 heterocycles. The predicted molar refractivity (Wildman–Crippen MR) is 117 cm³/mol. The van der Waals surface area contributed by atoms with E-state index in [1.54, 1.807) is 19.2 Å². The molecule has 3 rings (SSSR count). The number of nitrogens with one attached hydrogen (secondary N) is 1. The van der Waals surface area contributed by atoms with Crippen LogP contribution in [0.1, 0.15) is 50.9 Å². The zero-order chi connectivity index (χ0) is 22.9. The summed E-state index contributed by atoms with van der Waals surface area (Å²) in [5, 5.41) is 3.59. The highest BCUT2D eigenvalue weighted by molar-refractivity contribution is 5.94. The van der Waals surface area contributed by atoms with Gasteiger partial charge >= 0.3 is 0 Å². The molecule has 0 spiro atoms. The van der Waals surface area contributed by atoms with Crippen LogP contribution in [0.4, 0.5) is 4.39 Å². The van der Waals surface area contributed by atoms with Crippen LogP contribution in [0.3, 0.4) is 0 Å². The molecular weight excluding hydrogens is 399 g/mol. The van der Waals surface area contributed by atoms with Crippen LogP contribution in [0.5, 0.6) is 0 Å². The molecule has 0 bridgehead atoms. The number of carbonyl (C=O) groups excluding carboxylic acids is 3. The summed E-state index contributed by atoms with van der Waals surface area (Å²) in [4.78, 5) is 39.3. The largest absolute Gasteiger partial charge is 0.343 e. The normalized spacial score (nSPS) is 18.4. The Morgan fingerprint density at radius 1 is 1.26 bits per heavy atom. The molecule has 3 N–H and O–H groups in total. The zero-order valence-electron chi connectivity index (χ0n) is 18.5. The number of hydrogen-bond acceptors (Lipinski definition) is 4. The average molecular weight is 431 g/mol. The second kappa shape index (κ2) is 9.18. The molecule has 31 heavy (non-hydrogen) atoms. The van der Waals surface area contributed by atoms with E-state index in [0.717, 1.165) is 23.8 Å². The first-order chi connectivity index (χ1) is 14.6. The van der Waals surface area contributed by atoms with Gasteiger partial charge in [-0.3, -0.25) is 19.0 Å². The quantitative estimate of drug-likeness (QED) is 0.736. The third-order valence-corrected chi connectivity index (χ3v) is 5.95. The number of fused-ring (bicyclic) bond motifs is 1. The van der Waals surface area contributed by atoms with E-state index >= 15 is 0 Å². The van der Waals surface area contributed by atoms with Gasteiger partial charge in [0.05, 0.1) is 11.6 Å². The van der Waals surface area contributed by atoms with Gasteiger partial charge in [-0.1, -0.05) is 13.8 Å². The summed E-state index contributed by atoms with van der Waals surface area (Å²) in [6, 6.07) is 3.02. The Labute approximate surface area is 181 Å². The van der Waals surface area contributed by atoms with Gasteiger partial charge in [-0.05, 0) is 55.9 Å². The van der Waals surface area contributed by atoms with E-state index in [2.05, 4.69) is 5.32 Å². The number of benzene rings is 1. The van der Waals surface area contributed by atoms with E-state index < -0.39 is 17.9 Å². The average Bonchev–Trinajstić information content (AvgIpc) is 3.30. The molecule has 1 fully saturated rings. The third kappa shape index (κ3) is 4.79. The molecule has 1 aliphatic rings. The number of amides is 2. The highest BCUT2D eigenvalue weighted by Gasteiger charge is 2.36. The number of hydrogen-bond donors (Lipinski definition) is 2. The Morgan fingerprint density at radius 3 is 2.58 bits per heavy atom. The van der Waals surface area contributed by atoms with Crippen molar-refractivity contribution in [3.63, 3.8) is 0 Å². The summed E-state index contributed by atoms with van der Waals surface area (Å²) in [5.74, 6) is -1.15. The van der Waals surface area contributed by atoms with Gasteiger partial charge < -0.3 is 16.0 Å². The molecule has 1 aromatic heterocycles. The maximum Gasteiger partial charge on any atom is 0.245 e. The lowest BCUT2D eigenvalue weighted by Gasteiger charge is -2.31. The highest BCUT2D eigenvalue weighted by Crippen LogP contribution is 2.29. The Morgan fingerprint density at radius 2 is 1.97 bits per heavy atom. The smallest absolute Gasteiger partial charge is 0.245 e. The van der Waals surface area contributed by atoms with Crippen LogP contribution in [0, 0.1) is 11.7 Å². The van der Waals surface area contributed by atoms with E-state index in [1.165, 1.54) is 23.6 Å². The number of halogens is 1. The van der Waals surface area contributed by atoms with E-state index in [1.807, 2.05) is 18.7 Å². The minimum atomic E-state index is -0.693. The Balaban J connectivity index is 1.86. The molecule has 7 nitrogen and oxygen atoms in total. The summed E-state index contributed by atoms with van der Waals surface area (Å²) in [5.41, 5.74) is 7.09. The topological polar surface area (TPSA) is 97.4 Å². The predicted octanol–water partition coefficient (Wildman–Crippen LogP) is 2.46. The van der Waals surface area contributed by atoms with Gasteiger partial charge in [-0.25, -0.2) is 4.39 Å². The minimum Gasteiger partial charge on any atom is -0.343 e. The molecule has 1 aliphatic heterocycles. The van der Waals surface area contributed by atoms with Crippen molar-refractivity contribution < 1.29 is 18.8 Å². The number of rotatable bonds is 6. The third-order valence-electron chi connectivity index (χ3n) is 5.95. The van der Waals surface area contributed by atoms with Crippen molar-refractivity contribution in [3.8, 4) is 0 Å². The van der Waals surface area contributed by atoms with Crippen molar-refractivity contribution in [2.45, 2.75) is 65.1 Å². The first-order valence-electron chi connectivity index (χ1n) is 10.8. The Kier molecular flexibility index (Phi) is 6.79. The molecular formula is C23H31FN4O3. The maximum absolute atomic E-state index is 13.8. The van der Waals surface area contributed by atoms with Gasteiger partial charge in [0.2, 0.25) is 17.7 Å². The molecule has 1 saturated heterocycles. The second-order valence-electron chi connectivity index (χ2n) is 8.76. The molecule has 0 saturated carbocycles. The van der Waals surface area contributed by atoms with Crippen molar-refractivity contribution in [1.29, 1.82) is 0 Å². The van der Waals surface area contributed by atoms with Crippen molar-refractivity contribution in [3.05, 3.63) is 35.8 Å². The van der Waals surface area contributed by atoms with Crippen LogP contribution in [0.25, 0.3) is 10.9 Å². The van der Waals surface area contributed by atoms with Crippen molar-refractivity contribution in [2.75, 3.05) is 6.54 Å². The lowest BCUT2D eigenvalue weighted by atomic mass is 9.99. The summed E-state index contributed by atoms with van der Waals surface area (Å²) in [6.45, 7) is 7.42. The Bertz CT molecular complexity index is 998. The lowest BCUT2D eigenvalue weighted by Crippen LogP contribution is -2.55. The fourth-order valence-electron chi connectivity index (χ4n) is 4.26. The van der Waals surface area contributed by atoms with Gasteiger partial charge in [0.15, 0.2) is 0 Å². The van der Waals surface area contributed by atoms with Gasteiger partial charge in [0.1, 0.15) is 11.9 Å². The second-order valence-corrected chi connectivity index (χ2v) is 8.76. The molecule has 8 heteroatoms.